The minimum atomic E-state index is -0.799. The highest BCUT2D eigenvalue weighted by Gasteiger charge is 2.28. The first kappa shape index (κ1) is 22.0. The van der Waals surface area contributed by atoms with Crippen molar-refractivity contribution in [3.63, 3.8) is 0 Å². The molecule has 1 rings (SSSR count). The van der Waals surface area contributed by atoms with Crippen LogP contribution >= 0.6 is 15.9 Å². The summed E-state index contributed by atoms with van der Waals surface area (Å²) >= 11 is 3.45. The van der Waals surface area contributed by atoms with Crippen LogP contribution in [0.3, 0.4) is 0 Å². The number of halogens is 1. The van der Waals surface area contributed by atoms with Gasteiger partial charge in [-0.15, -0.1) is 0 Å². The molecule has 1 aromatic carbocycles. The summed E-state index contributed by atoms with van der Waals surface area (Å²) in [6.45, 7) is 6.43. The number of ketones is 1. The average molecular weight is 430 g/mol. The van der Waals surface area contributed by atoms with Gasteiger partial charge in [0.15, 0.2) is 12.4 Å². The second-order valence-electron chi connectivity index (χ2n) is 6.57. The normalized spacial score (nSPS) is 13.3. The molecule has 0 aliphatic rings. The molecule has 0 saturated carbocycles. The Morgan fingerprint density at radius 2 is 1.73 bits per heavy atom. The van der Waals surface area contributed by atoms with E-state index in [0.717, 1.165) is 5.56 Å². The van der Waals surface area contributed by atoms with E-state index in [0.29, 0.717) is 5.75 Å². The van der Waals surface area contributed by atoms with Crippen LogP contribution in [0.4, 0.5) is 4.79 Å². The second-order valence-corrected chi connectivity index (χ2v) is 7.56. The zero-order chi connectivity index (χ0) is 19.9. The topological polar surface area (TPSA) is 90.9 Å². The molecule has 0 bridgehead atoms. The van der Waals surface area contributed by atoms with Gasteiger partial charge in [0.25, 0.3) is 0 Å². The third kappa shape index (κ3) is 7.43. The van der Waals surface area contributed by atoms with Crippen molar-refractivity contribution in [3.8, 4) is 5.75 Å². The Kier molecular flexibility index (Phi) is 8.08. The van der Waals surface area contributed by atoms with Gasteiger partial charge in [0.2, 0.25) is 0 Å². The van der Waals surface area contributed by atoms with Gasteiger partial charge in [0, 0.05) is 0 Å². The lowest BCUT2D eigenvalue weighted by Gasteiger charge is -2.25. The van der Waals surface area contributed by atoms with Crippen molar-refractivity contribution >= 4 is 33.8 Å². The summed E-state index contributed by atoms with van der Waals surface area (Å²) in [5.41, 5.74) is 0.0953. The van der Waals surface area contributed by atoms with Gasteiger partial charge in [-0.2, -0.15) is 0 Å². The molecule has 1 unspecified atom stereocenters. The molecular formula is C18H24BrNO6. The lowest BCUT2D eigenvalue weighted by atomic mass is 10.0. The number of nitrogens with one attached hydrogen (secondary N) is 1. The van der Waals surface area contributed by atoms with Gasteiger partial charge in [-0.1, -0.05) is 28.1 Å². The largest absolute Gasteiger partial charge is 0.482 e. The van der Waals surface area contributed by atoms with E-state index in [9.17, 15) is 14.4 Å². The number of alkyl halides is 1. The van der Waals surface area contributed by atoms with Crippen molar-refractivity contribution in [2.45, 2.75) is 44.2 Å². The first-order valence-electron chi connectivity index (χ1n) is 7.97. The standard InChI is InChI=1S/C18H24BrNO6/c1-11(21)16(20-17(23)26-18(2,3)4)15(19)12-6-8-13(9-7-12)25-10-14(22)24-5/h6-9,15-16H,10H2,1-5H3,(H,20,23)/t15-,16?/m0/s1. The molecule has 1 N–H and O–H groups in total. The van der Waals surface area contributed by atoms with Gasteiger partial charge in [0.1, 0.15) is 17.4 Å². The minimum absolute atomic E-state index is 0.191. The van der Waals surface area contributed by atoms with Crippen molar-refractivity contribution in [3.05, 3.63) is 29.8 Å². The number of ether oxygens (including phenoxy) is 3. The fraction of sp³-hybridized carbons (Fsp3) is 0.500. The van der Waals surface area contributed by atoms with E-state index in [-0.39, 0.29) is 12.4 Å². The molecule has 1 amide bonds. The summed E-state index contributed by atoms with van der Waals surface area (Å²) < 4.78 is 15.0. The van der Waals surface area contributed by atoms with E-state index >= 15 is 0 Å². The molecule has 8 heteroatoms. The summed E-state index contributed by atoms with van der Waals surface area (Å²) in [5.74, 6) is -0.215. The van der Waals surface area contributed by atoms with Gasteiger partial charge in [-0.25, -0.2) is 9.59 Å². The van der Waals surface area contributed by atoms with Crippen LogP contribution in [0.25, 0.3) is 0 Å². The van der Waals surface area contributed by atoms with Crippen LogP contribution in [0.5, 0.6) is 5.75 Å². The third-order valence-electron chi connectivity index (χ3n) is 3.19. The molecule has 2 atom stereocenters. The number of amides is 1. The molecule has 0 aromatic heterocycles. The van der Waals surface area contributed by atoms with Gasteiger partial charge in [0.05, 0.1) is 11.9 Å². The van der Waals surface area contributed by atoms with Crippen molar-refractivity contribution in [2.75, 3.05) is 13.7 Å². The van der Waals surface area contributed by atoms with Crippen molar-refractivity contribution in [1.29, 1.82) is 0 Å². The summed E-state index contributed by atoms with van der Waals surface area (Å²) in [6, 6.07) is 6.00. The Balaban J connectivity index is 2.79. The smallest absolute Gasteiger partial charge is 0.408 e. The van der Waals surface area contributed by atoms with Crippen LogP contribution in [-0.2, 0) is 19.1 Å². The summed E-state index contributed by atoms with van der Waals surface area (Å²) in [7, 11) is 1.28. The molecule has 144 valence electrons. The summed E-state index contributed by atoms with van der Waals surface area (Å²) in [5, 5.41) is 2.58. The Morgan fingerprint density at radius 3 is 2.19 bits per heavy atom. The molecular weight excluding hydrogens is 406 g/mol. The number of methoxy groups -OCH3 is 1. The predicted octanol–water partition coefficient (Wildman–Crippen LogP) is 3.16. The van der Waals surface area contributed by atoms with E-state index < -0.39 is 28.5 Å². The van der Waals surface area contributed by atoms with E-state index in [2.05, 4.69) is 26.0 Å². The number of hydrogen-bond acceptors (Lipinski definition) is 6. The van der Waals surface area contributed by atoms with Crippen LogP contribution < -0.4 is 10.1 Å². The highest BCUT2D eigenvalue weighted by Crippen LogP contribution is 2.29. The lowest BCUT2D eigenvalue weighted by molar-refractivity contribution is -0.142. The minimum Gasteiger partial charge on any atom is -0.482 e. The number of benzene rings is 1. The van der Waals surface area contributed by atoms with E-state index in [1.54, 1.807) is 45.0 Å². The van der Waals surface area contributed by atoms with E-state index in [1.807, 2.05) is 0 Å². The van der Waals surface area contributed by atoms with E-state index in [4.69, 9.17) is 9.47 Å². The predicted molar refractivity (Wildman–Crippen MR) is 99.5 cm³/mol. The van der Waals surface area contributed by atoms with Crippen LogP contribution in [-0.4, -0.2) is 43.2 Å². The zero-order valence-corrected chi connectivity index (χ0v) is 17.1. The number of rotatable bonds is 7. The van der Waals surface area contributed by atoms with Crippen molar-refractivity contribution < 1.29 is 28.6 Å². The molecule has 0 saturated heterocycles. The maximum Gasteiger partial charge on any atom is 0.408 e. The zero-order valence-electron chi connectivity index (χ0n) is 15.5. The Labute approximate surface area is 161 Å². The molecule has 0 fully saturated rings. The molecule has 1 aromatic rings. The molecule has 0 aliphatic heterocycles. The molecule has 0 heterocycles. The van der Waals surface area contributed by atoms with Crippen LogP contribution in [0.2, 0.25) is 0 Å². The maximum atomic E-state index is 12.0. The monoisotopic (exact) mass is 429 g/mol. The molecule has 7 nitrogen and oxygen atoms in total. The molecule has 0 spiro atoms. The van der Waals surface area contributed by atoms with Gasteiger partial charge < -0.3 is 19.5 Å². The fourth-order valence-corrected chi connectivity index (χ4v) is 2.77. The molecule has 0 aliphatic carbocycles. The molecule has 0 radical (unpaired) electrons. The highest BCUT2D eigenvalue weighted by atomic mass is 79.9. The lowest BCUT2D eigenvalue weighted by Crippen LogP contribution is -2.44. The number of carbonyl (C=O) groups excluding carboxylic acids is 3. The number of alkyl carbamates (subject to hydrolysis) is 1. The third-order valence-corrected chi connectivity index (χ3v) is 4.24. The van der Waals surface area contributed by atoms with Crippen molar-refractivity contribution in [2.24, 2.45) is 0 Å². The van der Waals surface area contributed by atoms with Gasteiger partial charge in [-0.3, -0.25) is 4.79 Å². The first-order chi connectivity index (χ1) is 12.0. The second kappa shape index (κ2) is 9.56. The molecule has 26 heavy (non-hydrogen) atoms. The van der Waals surface area contributed by atoms with Gasteiger partial charge in [-0.05, 0) is 45.4 Å². The number of esters is 1. The number of carbonyl (C=O) groups is 3. The number of hydrogen-bond donors (Lipinski definition) is 1. The quantitative estimate of drug-likeness (QED) is 0.528. The first-order valence-corrected chi connectivity index (χ1v) is 8.88. The SMILES string of the molecule is COC(=O)COc1ccc([C@H](Br)C(NC(=O)OC(C)(C)C)C(C)=O)cc1. The average Bonchev–Trinajstić information content (AvgIpc) is 2.55. The number of Topliss-reactive ketones (excluding diaryl/α,β-unsaturated/α-hetero) is 1. The van der Waals surface area contributed by atoms with Gasteiger partial charge >= 0.3 is 12.1 Å². The summed E-state index contributed by atoms with van der Waals surface area (Å²) in [4.78, 5) is 34.6. The van der Waals surface area contributed by atoms with E-state index in [1.165, 1.54) is 14.0 Å². The Bertz CT molecular complexity index is 638. The summed E-state index contributed by atoms with van der Waals surface area (Å²) in [6.07, 6.45) is -0.666. The Morgan fingerprint density at radius 1 is 1.15 bits per heavy atom. The van der Waals surface area contributed by atoms with Crippen molar-refractivity contribution in [1.82, 2.24) is 5.32 Å². The van der Waals surface area contributed by atoms with Crippen LogP contribution in [0, 0.1) is 0 Å². The van der Waals surface area contributed by atoms with Crippen LogP contribution in [0.15, 0.2) is 24.3 Å². The fourth-order valence-electron chi connectivity index (χ4n) is 1.96. The van der Waals surface area contributed by atoms with Crippen LogP contribution in [0.1, 0.15) is 38.1 Å². The Hall–Kier alpha value is -2.09. The highest BCUT2D eigenvalue weighted by molar-refractivity contribution is 9.09. The maximum absolute atomic E-state index is 12.0.